The van der Waals surface area contributed by atoms with Crippen LogP contribution in [-0.4, -0.2) is 33.9 Å². The molecule has 1 aromatic carbocycles. The molecule has 2 aromatic rings. The Kier molecular flexibility index (Phi) is 6.57. The molecule has 1 aliphatic heterocycles. The second-order valence-corrected chi connectivity index (χ2v) is 8.75. The van der Waals surface area contributed by atoms with Gasteiger partial charge < -0.3 is 10.1 Å². The molecule has 154 valence electrons. The summed E-state index contributed by atoms with van der Waals surface area (Å²) in [5.41, 5.74) is 2.83. The number of nitrogens with zero attached hydrogens (tertiary/aromatic N) is 2. The van der Waals surface area contributed by atoms with E-state index >= 15 is 0 Å². The Labute approximate surface area is 179 Å². The molecule has 4 rings (SSSR count). The minimum atomic E-state index is -0.236. The van der Waals surface area contributed by atoms with Crippen LogP contribution in [0.25, 0.3) is 0 Å². The molecule has 2 heterocycles. The molecule has 0 spiro atoms. The Morgan fingerprint density at radius 1 is 1.31 bits per heavy atom. The molecule has 0 bridgehead atoms. The number of aromatic nitrogens is 2. The molecule has 1 aliphatic carbocycles. The van der Waals surface area contributed by atoms with Crippen molar-refractivity contribution in [1.82, 2.24) is 14.9 Å². The Hall–Kier alpha value is -1.83. The van der Waals surface area contributed by atoms with E-state index in [0.29, 0.717) is 23.1 Å². The molecule has 1 unspecified atom stereocenters. The number of halogens is 1. The van der Waals surface area contributed by atoms with Gasteiger partial charge >= 0.3 is 5.69 Å². The lowest BCUT2D eigenvalue weighted by atomic mass is 10.2. The van der Waals surface area contributed by atoms with Crippen molar-refractivity contribution in [3.05, 3.63) is 56.6 Å². The number of carbonyl (C=O) groups excluding carboxylic acids is 1. The predicted molar refractivity (Wildman–Crippen MR) is 114 cm³/mol. The Morgan fingerprint density at radius 3 is 2.97 bits per heavy atom. The number of nitrogens with one attached hydrogen (secondary N) is 1. The SMILES string of the molecule is O=C(CSc1nc(=O)n(CC2CCCO2)c2c1CCC2)NCc1ccccc1Cl. The van der Waals surface area contributed by atoms with Crippen LogP contribution in [0.5, 0.6) is 0 Å². The van der Waals surface area contributed by atoms with Crippen molar-refractivity contribution < 1.29 is 9.53 Å². The van der Waals surface area contributed by atoms with E-state index in [1.54, 1.807) is 10.6 Å². The minimum absolute atomic E-state index is 0.105. The fourth-order valence-corrected chi connectivity index (χ4v) is 5.02. The van der Waals surface area contributed by atoms with E-state index in [9.17, 15) is 9.59 Å². The molecule has 2 aliphatic rings. The normalized spacial score (nSPS) is 18.0. The topological polar surface area (TPSA) is 73.2 Å². The second kappa shape index (κ2) is 9.32. The second-order valence-electron chi connectivity index (χ2n) is 7.38. The van der Waals surface area contributed by atoms with Gasteiger partial charge in [0.05, 0.1) is 18.4 Å². The van der Waals surface area contributed by atoms with E-state index in [4.69, 9.17) is 16.3 Å². The zero-order valence-corrected chi connectivity index (χ0v) is 17.7. The van der Waals surface area contributed by atoms with Crippen molar-refractivity contribution in [2.24, 2.45) is 0 Å². The van der Waals surface area contributed by atoms with Crippen molar-refractivity contribution in [3.63, 3.8) is 0 Å². The van der Waals surface area contributed by atoms with Gasteiger partial charge in [0, 0.05) is 29.4 Å². The standard InChI is InChI=1S/C21H24ClN3O3S/c22-17-8-2-1-5-14(17)11-23-19(26)13-29-20-16-7-3-9-18(16)25(21(27)24-20)12-15-6-4-10-28-15/h1-2,5,8,15H,3-4,6-7,9-13H2,(H,23,26). The number of amides is 1. The van der Waals surface area contributed by atoms with Gasteiger partial charge in [-0.15, -0.1) is 0 Å². The molecule has 1 saturated heterocycles. The molecule has 0 radical (unpaired) electrons. The van der Waals surface area contributed by atoms with Gasteiger partial charge in [-0.05, 0) is 43.7 Å². The molecule has 6 nitrogen and oxygen atoms in total. The number of rotatable bonds is 7. The first-order valence-corrected chi connectivity index (χ1v) is 11.4. The van der Waals surface area contributed by atoms with E-state index in [1.807, 2.05) is 18.2 Å². The fraction of sp³-hybridized carbons (Fsp3) is 0.476. The van der Waals surface area contributed by atoms with Crippen LogP contribution in [0, 0.1) is 0 Å². The molecule has 1 amide bonds. The first-order chi connectivity index (χ1) is 14.1. The quantitative estimate of drug-likeness (QED) is 0.536. The zero-order valence-electron chi connectivity index (χ0n) is 16.2. The van der Waals surface area contributed by atoms with E-state index in [0.717, 1.165) is 55.5 Å². The van der Waals surface area contributed by atoms with E-state index in [-0.39, 0.29) is 23.5 Å². The number of fused-ring (bicyclic) bond motifs is 1. The van der Waals surface area contributed by atoms with Crippen LogP contribution >= 0.6 is 23.4 Å². The van der Waals surface area contributed by atoms with Gasteiger partial charge in [-0.25, -0.2) is 4.79 Å². The Morgan fingerprint density at radius 2 is 2.17 bits per heavy atom. The summed E-state index contributed by atoms with van der Waals surface area (Å²) < 4.78 is 7.49. The van der Waals surface area contributed by atoms with Crippen LogP contribution in [0.1, 0.15) is 36.1 Å². The van der Waals surface area contributed by atoms with Crippen LogP contribution in [0.15, 0.2) is 34.1 Å². The molecular formula is C21H24ClN3O3S. The molecule has 1 N–H and O–H groups in total. The average Bonchev–Trinajstić information content (AvgIpc) is 3.40. The summed E-state index contributed by atoms with van der Waals surface area (Å²) in [5, 5.41) is 4.21. The molecule has 1 fully saturated rings. The number of thioether (sulfide) groups is 1. The van der Waals surface area contributed by atoms with Gasteiger partial charge in [0.1, 0.15) is 5.03 Å². The zero-order chi connectivity index (χ0) is 20.2. The van der Waals surface area contributed by atoms with Crippen LogP contribution in [-0.2, 0) is 35.5 Å². The van der Waals surface area contributed by atoms with Crippen LogP contribution in [0.3, 0.4) is 0 Å². The monoisotopic (exact) mass is 433 g/mol. The largest absolute Gasteiger partial charge is 0.376 e. The van der Waals surface area contributed by atoms with Gasteiger partial charge in [0.25, 0.3) is 0 Å². The van der Waals surface area contributed by atoms with Crippen LogP contribution in [0.4, 0.5) is 0 Å². The van der Waals surface area contributed by atoms with Gasteiger partial charge in [0.15, 0.2) is 0 Å². The number of ether oxygens (including phenoxy) is 1. The summed E-state index contributed by atoms with van der Waals surface area (Å²) in [6, 6.07) is 7.44. The number of carbonyl (C=O) groups is 1. The third-order valence-electron chi connectivity index (χ3n) is 5.38. The van der Waals surface area contributed by atoms with Gasteiger partial charge in [-0.1, -0.05) is 41.6 Å². The summed E-state index contributed by atoms with van der Waals surface area (Å²) in [7, 11) is 0. The molecule has 0 saturated carbocycles. The van der Waals surface area contributed by atoms with Crippen LogP contribution in [0.2, 0.25) is 5.02 Å². The highest BCUT2D eigenvalue weighted by molar-refractivity contribution is 7.99. The Balaban J connectivity index is 1.40. The van der Waals surface area contributed by atoms with E-state index in [1.165, 1.54) is 11.8 Å². The highest BCUT2D eigenvalue weighted by Crippen LogP contribution is 2.29. The highest BCUT2D eigenvalue weighted by Gasteiger charge is 2.25. The summed E-state index contributed by atoms with van der Waals surface area (Å²) in [6.07, 6.45) is 4.94. The third-order valence-corrected chi connectivity index (χ3v) is 6.77. The third kappa shape index (κ3) is 4.85. The highest BCUT2D eigenvalue weighted by atomic mass is 35.5. The van der Waals surface area contributed by atoms with E-state index < -0.39 is 0 Å². The van der Waals surface area contributed by atoms with Crippen molar-refractivity contribution in [2.45, 2.75) is 56.3 Å². The molecule has 29 heavy (non-hydrogen) atoms. The van der Waals surface area contributed by atoms with Gasteiger partial charge in [0.2, 0.25) is 5.91 Å². The van der Waals surface area contributed by atoms with Crippen molar-refractivity contribution in [1.29, 1.82) is 0 Å². The maximum atomic E-state index is 12.6. The Bertz CT molecular complexity index is 957. The first-order valence-electron chi connectivity index (χ1n) is 9.99. The maximum Gasteiger partial charge on any atom is 0.348 e. The summed E-state index contributed by atoms with van der Waals surface area (Å²) >= 11 is 7.46. The van der Waals surface area contributed by atoms with E-state index in [2.05, 4.69) is 10.3 Å². The number of hydrogen-bond donors (Lipinski definition) is 1. The molecule has 1 aromatic heterocycles. The summed E-state index contributed by atoms with van der Waals surface area (Å²) in [6.45, 7) is 1.73. The first kappa shape index (κ1) is 20.4. The average molecular weight is 434 g/mol. The summed E-state index contributed by atoms with van der Waals surface area (Å²) in [4.78, 5) is 29.2. The fourth-order valence-electron chi connectivity index (χ4n) is 3.91. The van der Waals surface area contributed by atoms with Crippen molar-refractivity contribution in [3.8, 4) is 0 Å². The van der Waals surface area contributed by atoms with Gasteiger partial charge in [-0.3, -0.25) is 9.36 Å². The number of benzene rings is 1. The molecule has 1 atom stereocenters. The van der Waals surface area contributed by atoms with Crippen LogP contribution < -0.4 is 11.0 Å². The van der Waals surface area contributed by atoms with Crippen molar-refractivity contribution >= 4 is 29.3 Å². The molecule has 8 heteroatoms. The minimum Gasteiger partial charge on any atom is -0.376 e. The number of hydrogen-bond acceptors (Lipinski definition) is 5. The lowest BCUT2D eigenvalue weighted by Gasteiger charge is -2.17. The van der Waals surface area contributed by atoms with Gasteiger partial charge in [-0.2, -0.15) is 4.98 Å². The predicted octanol–water partition coefficient (Wildman–Crippen LogP) is 2.97. The molecular weight excluding hydrogens is 410 g/mol. The lowest BCUT2D eigenvalue weighted by molar-refractivity contribution is -0.118. The smallest absolute Gasteiger partial charge is 0.348 e. The lowest BCUT2D eigenvalue weighted by Crippen LogP contribution is -2.32. The van der Waals surface area contributed by atoms with Crippen molar-refractivity contribution in [2.75, 3.05) is 12.4 Å². The maximum absolute atomic E-state index is 12.6. The summed E-state index contributed by atoms with van der Waals surface area (Å²) in [5.74, 6) is 0.117.